The lowest BCUT2D eigenvalue weighted by molar-refractivity contribution is -0.146. The van der Waals surface area contributed by atoms with E-state index in [-0.39, 0.29) is 22.7 Å². The number of rotatable bonds is 7. The summed E-state index contributed by atoms with van der Waals surface area (Å²) in [7, 11) is 1.59. The molecule has 2 aromatic carbocycles. The normalized spacial score (nSPS) is 20.3. The Morgan fingerprint density at radius 2 is 1.67 bits per heavy atom. The van der Waals surface area contributed by atoms with Crippen LogP contribution in [0.2, 0.25) is 0 Å². The van der Waals surface area contributed by atoms with E-state index in [4.69, 9.17) is 15.5 Å². The van der Waals surface area contributed by atoms with Gasteiger partial charge in [-0.15, -0.1) is 0 Å². The van der Waals surface area contributed by atoms with Crippen molar-refractivity contribution in [2.75, 3.05) is 31.6 Å². The Labute approximate surface area is 268 Å². The number of hydrogen-bond acceptors (Lipinski definition) is 7. The molecule has 2 aliphatic rings. The number of ether oxygens (including phenoxy) is 1. The van der Waals surface area contributed by atoms with E-state index < -0.39 is 22.9 Å². The number of morpholine rings is 1. The summed E-state index contributed by atoms with van der Waals surface area (Å²) >= 11 is 0. The molecule has 1 saturated heterocycles. The molecule has 0 spiro atoms. The van der Waals surface area contributed by atoms with Gasteiger partial charge in [0.25, 0.3) is 11.5 Å². The van der Waals surface area contributed by atoms with Crippen LogP contribution < -0.4 is 16.6 Å². The maximum absolute atomic E-state index is 13.3. The van der Waals surface area contributed by atoms with Gasteiger partial charge in [0.1, 0.15) is 0 Å². The zero-order chi connectivity index (χ0) is 33.4. The number of anilines is 2. The number of nitrogens with zero attached hydrogens (tertiary/aromatic N) is 3. The highest BCUT2D eigenvalue weighted by atomic mass is 16.5. The second-order valence-corrected chi connectivity index (χ2v) is 13.6. The quantitative estimate of drug-likeness (QED) is 0.342. The topological polar surface area (TPSA) is 157 Å². The van der Waals surface area contributed by atoms with Crippen LogP contribution in [0.1, 0.15) is 78.3 Å². The predicted molar refractivity (Wildman–Crippen MR) is 175 cm³/mol. The first kappa shape index (κ1) is 32.9. The average Bonchev–Trinajstić information content (AvgIpc) is 3.02. The number of carboxylic acids is 1. The number of hydrogen-bond donors (Lipinski definition) is 3. The fraction of sp³-hybridized carbons (Fsp3) is 0.457. The summed E-state index contributed by atoms with van der Waals surface area (Å²) in [6.07, 6.45) is 3.90. The highest BCUT2D eigenvalue weighted by Crippen LogP contribution is 2.50. The van der Waals surface area contributed by atoms with E-state index in [0.29, 0.717) is 78.7 Å². The van der Waals surface area contributed by atoms with Gasteiger partial charge >= 0.3 is 5.97 Å². The molecule has 0 unspecified atom stereocenters. The Hall–Kier alpha value is -4.51. The molecule has 0 radical (unpaired) electrons. The first-order chi connectivity index (χ1) is 21.7. The Morgan fingerprint density at radius 1 is 1.04 bits per heavy atom. The molecule has 0 atom stereocenters. The van der Waals surface area contributed by atoms with Crippen LogP contribution in [-0.2, 0) is 22.0 Å². The number of carboxylic acid groups (broad SMARTS) is 1. The maximum atomic E-state index is 13.3. The molecular formula is C35H43N5O6. The van der Waals surface area contributed by atoms with Gasteiger partial charge < -0.3 is 30.4 Å². The van der Waals surface area contributed by atoms with Crippen molar-refractivity contribution in [3.63, 3.8) is 0 Å². The molecule has 5 rings (SSSR count). The molecule has 1 aliphatic carbocycles. The van der Waals surface area contributed by atoms with E-state index >= 15 is 0 Å². The average molecular weight is 630 g/mol. The van der Waals surface area contributed by atoms with Gasteiger partial charge in [0, 0.05) is 48.7 Å². The summed E-state index contributed by atoms with van der Waals surface area (Å²) in [5.41, 5.74) is 7.40. The van der Waals surface area contributed by atoms with Gasteiger partial charge in [0.2, 0.25) is 5.91 Å². The Morgan fingerprint density at radius 3 is 2.24 bits per heavy atom. The van der Waals surface area contributed by atoms with E-state index in [2.05, 4.69) is 26.1 Å². The lowest BCUT2D eigenvalue weighted by Gasteiger charge is -2.43. The molecule has 2 amide bonds. The summed E-state index contributed by atoms with van der Waals surface area (Å²) in [6, 6.07) is 10.1. The SMILES string of the molecule is Cc1c(C(N)=O)ccc(C2(C(=O)O)CCC(C(C)(C)C)CC2)c1-c1cn(C)c(=O)c(Nc2ccc(C(=O)N3CCOCC3)cc2)n1. The Kier molecular flexibility index (Phi) is 9.08. The molecule has 11 heteroatoms. The van der Waals surface area contributed by atoms with Crippen LogP contribution in [0, 0.1) is 18.3 Å². The molecule has 2 fully saturated rings. The fourth-order valence-corrected chi connectivity index (χ4v) is 6.87. The van der Waals surface area contributed by atoms with Crippen LogP contribution >= 0.6 is 0 Å². The molecule has 46 heavy (non-hydrogen) atoms. The predicted octanol–water partition coefficient (Wildman–Crippen LogP) is 4.63. The van der Waals surface area contributed by atoms with Crippen molar-refractivity contribution in [2.24, 2.45) is 24.1 Å². The van der Waals surface area contributed by atoms with Crippen molar-refractivity contribution in [2.45, 2.75) is 58.8 Å². The molecule has 244 valence electrons. The van der Waals surface area contributed by atoms with Crippen molar-refractivity contribution in [1.82, 2.24) is 14.5 Å². The highest BCUT2D eigenvalue weighted by Gasteiger charge is 2.47. The van der Waals surface area contributed by atoms with Crippen molar-refractivity contribution in [1.29, 1.82) is 0 Å². The molecular weight excluding hydrogens is 586 g/mol. The third-order valence-electron chi connectivity index (χ3n) is 9.74. The molecule has 2 heterocycles. The van der Waals surface area contributed by atoms with Gasteiger partial charge in [0.05, 0.1) is 24.3 Å². The number of amides is 2. The summed E-state index contributed by atoms with van der Waals surface area (Å²) in [6.45, 7) is 10.4. The van der Waals surface area contributed by atoms with Gasteiger partial charge in [-0.2, -0.15) is 0 Å². The van der Waals surface area contributed by atoms with E-state index in [1.54, 1.807) is 61.5 Å². The summed E-state index contributed by atoms with van der Waals surface area (Å²) in [4.78, 5) is 58.2. The zero-order valence-corrected chi connectivity index (χ0v) is 27.2. The zero-order valence-electron chi connectivity index (χ0n) is 27.2. The Balaban J connectivity index is 1.55. The number of carbonyl (C=O) groups excluding carboxylic acids is 2. The molecule has 1 aromatic heterocycles. The minimum atomic E-state index is -1.20. The largest absolute Gasteiger partial charge is 0.481 e. The van der Waals surface area contributed by atoms with Gasteiger partial charge in [-0.1, -0.05) is 26.8 Å². The fourth-order valence-electron chi connectivity index (χ4n) is 6.87. The monoisotopic (exact) mass is 629 g/mol. The maximum Gasteiger partial charge on any atom is 0.314 e. The van der Waals surface area contributed by atoms with Crippen molar-refractivity contribution < 1.29 is 24.2 Å². The second kappa shape index (κ2) is 12.7. The standard InChI is InChI=1S/C35H43N5O6/c1-21-25(29(36)41)10-11-26(35(33(44)45)14-12-23(13-15-35)34(2,3)4)28(21)27-20-39(5)32(43)30(38-27)37-24-8-6-22(7-9-24)31(42)40-16-18-46-19-17-40/h6-11,20,23H,12-19H2,1-5H3,(H2,36,41)(H,37,38)(H,44,45). The van der Waals surface area contributed by atoms with Crippen LogP contribution in [0.15, 0.2) is 47.4 Å². The summed E-state index contributed by atoms with van der Waals surface area (Å²) in [5, 5.41) is 13.8. The smallest absolute Gasteiger partial charge is 0.314 e. The number of primary amides is 1. The van der Waals surface area contributed by atoms with E-state index in [1.165, 1.54) is 4.57 Å². The van der Waals surface area contributed by atoms with E-state index in [0.717, 1.165) is 12.8 Å². The van der Waals surface area contributed by atoms with Crippen molar-refractivity contribution in [3.8, 4) is 11.3 Å². The number of nitrogens with two attached hydrogens (primary N) is 1. The summed E-state index contributed by atoms with van der Waals surface area (Å²) in [5.74, 6) is -1.27. The first-order valence-corrected chi connectivity index (χ1v) is 15.7. The van der Waals surface area contributed by atoms with Gasteiger partial charge in [0.15, 0.2) is 5.82 Å². The lowest BCUT2D eigenvalue weighted by atomic mass is 9.60. The number of nitrogens with one attached hydrogen (secondary N) is 1. The molecule has 1 saturated carbocycles. The third-order valence-corrected chi connectivity index (χ3v) is 9.74. The number of aromatic nitrogens is 2. The van der Waals surface area contributed by atoms with E-state index in [9.17, 15) is 24.3 Å². The first-order valence-electron chi connectivity index (χ1n) is 15.7. The van der Waals surface area contributed by atoms with Gasteiger partial charge in [-0.05, 0) is 85.4 Å². The van der Waals surface area contributed by atoms with Gasteiger partial charge in [-0.3, -0.25) is 19.2 Å². The number of aryl methyl sites for hydroxylation is 1. The Bertz CT molecular complexity index is 1710. The number of benzene rings is 2. The minimum absolute atomic E-state index is 0.0166. The third kappa shape index (κ3) is 6.28. The number of aliphatic carboxylic acids is 1. The highest BCUT2D eigenvalue weighted by molar-refractivity contribution is 5.98. The molecule has 0 bridgehead atoms. The van der Waals surface area contributed by atoms with Crippen molar-refractivity contribution >= 4 is 29.3 Å². The number of carbonyl (C=O) groups is 3. The van der Waals surface area contributed by atoms with Crippen molar-refractivity contribution in [3.05, 3.63) is 75.2 Å². The molecule has 1 aliphatic heterocycles. The molecule has 4 N–H and O–H groups in total. The van der Waals surface area contributed by atoms with Crippen LogP contribution in [0.25, 0.3) is 11.3 Å². The molecule has 11 nitrogen and oxygen atoms in total. The van der Waals surface area contributed by atoms with Crippen LogP contribution in [0.3, 0.4) is 0 Å². The van der Waals surface area contributed by atoms with Crippen LogP contribution in [0.4, 0.5) is 11.5 Å². The van der Waals surface area contributed by atoms with Crippen LogP contribution in [0.5, 0.6) is 0 Å². The van der Waals surface area contributed by atoms with E-state index in [1.807, 2.05) is 0 Å². The lowest BCUT2D eigenvalue weighted by Crippen LogP contribution is -2.42. The van der Waals surface area contributed by atoms with Gasteiger partial charge in [-0.25, -0.2) is 4.98 Å². The second-order valence-electron chi connectivity index (χ2n) is 13.6. The van der Waals surface area contributed by atoms with Crippen LogP contribution in [-0.4, -0.2) is 63.6 Å². The summed E-state index contributed by atoms with van der Waals surface area (Å²) < 4.78 is 6.72. The minimum Gasteiger partial charge on any atom is -0.481 e. The molecule has 3 aromatic rings.